The van der Waals surface area contributed by atoms with Gasteiger partial charge in [0, 0.05) is 0 Å². The van der Waals surface area contributed by atoms with Gasteiger partial charge in [-0.05, 0) is 35.9 Å². The van der Waals surface area contributed by atoms with Gasteiger partial charge in [-0.2, -0.15) is 10.1 Å². The van der Waals surface area contributed by atoms with E-state index < -0.39 is 5.91 Å². The molecule has 2 heterocycles. The van der Waals surface area contributed by atoms with Crippen molar-refractivity contribution >= 4 is 38.8 Å². The van der Waals surface area contributed by atoms with E-state index in [1.165, 1.54) is 35.9 Å². The van der Waals surface area contributed by atoms with Crippen molar-refractivity contribution in [2.24, 2.45) is 5.10 Å². The summed E-state index contributed by atoms with van der Waals surface area (Å²) < 4.78 is 29.8. The average molecular weight is 413 g/mol. The van der Waals surface area contributed by atoms with Crippen LogP contribution in [-0.2, 0) is 14.3 Å². The van der Waals surface area contributed by atoms with Gasteiger partial charge in [0.05, 0.1) is 23.5 Å². The number of halogens is 1. The second-order valence-electron chi connectivity index (χ2n) is 5.94. The molecule has 0 bridgehead atoms. The highest BCUT2D eigenvalue weighted by Gasteiger charge is 2.26. The molecule has 0 unspecified atom stereocenters. The molecule has 0 saturated carbocycles. The molecular formula is C20H16FN3O4S. The molecule has 9 heteroatoms. The number of nitrogens with zero attached hydrogens (tertiary/aromatic N) is 3. The van der Waals surface area contributed by atoms with Gasteiger partial charge < -0.3 is 14.2 Å². The number of ether oxygens (including phenoxy) is 3. The Morgan fingerprint density at radius 2 is 2.10 bits per heavy atom. The van der Waals surface area contributed by atoms with Crippen LogP contribution in [0.5, 0.6) is 5.75 Å². The zero-order chi connectivity index (χ0) is 20.2. The summed E-state index contributed by atoms with van der Waals surface area (Å²) in [4.78, 5) is 17.5. The number of rotatable bonds is 5. The molecule has 0 N–H and O–H groups in total. The summed E-state index contributed by atoms with van der Waals surface area (Å²) in [5.41, 5.74) is 1.33. The monoisotopic (exact) mass is 413 g/mol. The summed E-state index contributed by atoms with van der Waals surface area (Å²) in [5, 5.41) is 5.78. The van der Waals surface area contributed by atoms with E-state index in [9.17, 15) is 9.18 Å². The van der Waals surface area contributed by atoms with Gasteiger partial charge in [0.15, 0.2) is 0 Å². The Balaban J connectivity index is 1.71. The standard InChI is InChI=1S/C20H16FN3O4S/c1-26-15-6-7-16-18(10-15)29-20(23-16)24(19(25)17-12-27-8-9-28-17)22-11-13-2-4-14(21)5-3-13/h2-7,10-12H,8-9H2,1H3/b22-11-. The van der Waals surface area contributed by atoms with Gasteiger partial charge in [-0.1, -0.05) is 23.5 Å². The van der Waals surface area contributed by atoms with Crippen LogP contribution in [0, 0.1) is 5.82 Å². The van der Waals surface area contributed by atoms with Gasteiger partial charge >= 0.3 is 5.91 Å². The highest BCUT2D eigenvalue weighted by atomic mass is 32.1. The summed E-state index contributed by atoms with van der Waals surface area (Å²) in [5.74, 6) is -0.154. The molecule has 148 valence electrons. The lowest BCUT2D eigenvalue weighted by Gasteiger charge is -2.19. The van der Waals surface area contributed by atoms with Crippen molar-refractivity contribution < 1.29 is 23.4 Å². The number of carbonyl (C=O) groups is 1. The van der Waals surface area contributed by atoms with Crippen LogP contribution in [0.25, 0.3) is 10.2 Å². The number of hydrazone groups is 1. The summed E-state index contributed by atoms with van der Waals surface area (Å²) in [6.07, 6.45) is 2.72. The van der Waals surface area contributed by atoms with Gasteiger partial charge in [-0.25, -0.2) is 9.37 Å². The second kappa shape index (κ2) is 8.27. The van der Waals surface area contributed by atoms with Crippen molar-refractivity contribution in [3.8, 4) is 5.75 Å². The van der Waals surface area contributed by atoms with Crippen LogP contribution < -0.4 is 9.75 Å². The number of aromatic nitrogens is 1. The first-order valence-corrected chi connectivity index (χ1v) is 9.49. The third-order valence-corrected chi connectivity index (χ3v) is 5.00. The minimum Gasteiger partial charge on any atom is -0.497 e. The smallest absolute Gasteiger partial charge is 0.319 e. The second-order valence-corrected chi connectivity index (χ2v) is 6.95. The summed E-state index contributed by atoms with van der Waals surface area (Å²) in [6, 6.07) is 11.2. The van der Waals surface area contributed by atoms with Gasteiger partial charge in [0.1, 0.15) is 31.0 Å². The number of benzene rings is 2. The maximum Gasteiger partial charge on any atom is 0.319 e. The fraction of sp³-hybridized carbons (Fsp3) is 0.150. The zero-order valence-corrected chi connectivity index (χ0v) is 16.2. The molecule has 1 amide bonds. The SMILES string of the molecule is COc1ccc2nc(N(/N=C\c3ccc(F)cc3)C(=O)C3=COCCO3)sc2c1. The van der Waals surface area contributed by atoms with E-state index in [4.69, 9.17) is 14.2 Å². The van der Waals surface area contributed by atoms with Crippen molar-refractivity contribution in [2.45, 2.75) is 0 Å². The molecule has 0 radical (unpaired) electrons. The minimum absolute atomic E-state index is 0.0318. The Morgan fingerprint density at radius 1 is 1.28 bits per heavy atom. The maximum atomic E-state index is 13.1. The van der Waals surface area contributed by atoms with Crippen LogP contribution in [-0.4, -0.2) is 37.4 Å². The molecule has 3 aromatic rings. The number of anilines is 1. The molecule has 4 rings (SSSR count). The van der Waals surface area contributed by atoms with E-state index in [-0.39, 0.29) is 18.2 Å². The predicted molar refractivity (Wildman–Crippen MR) is 108 cm³/mol. The molecular weight excluding hydrogens is 397 g/mol. The van der Waals surface area contributed by atoms with Gasteiger partial charge in [-0.15, -0.1) is 0 Å². The van der Waals surface area contributed by atoms with Crippen molar-refractivity contribution in [3.05, 3.63) is 65.9 Å². The van der Waals surface area contributed by atoms with Crippen LogP contribution in [0.3, 0.4) is 0 Å². The molecule has 1 aliphatic heterocycles. The molecule has 7 nitrogen and oxygen atoms in total. The number of methoxy groups -OCH3 is 1. The Labute approximate surface area is 169 Å². The van der Waals surface area contributed by atoms with E-state index in [2.05, 4.69) is 10.1 Å². The first-order valence-electron chi connectivity index (χ1n) is 8.67. The Bertz CT molecular complexity index is 1090. The predicted octanol–water partition coefficient (Wildman–Crippen LogP) is 3.70. The Morgan fingerprint density at radius 3 is 2.83 bits per heavy atom. The number of fused-ring (bicyclic) bond motifs is 1. The third-order valence-electron chi connectivity index (χ3n) is 4.01. The number of thiazole rings is 1. The maximum absolute atomic E-state index is 13.1. The van der Waals surface area contributed by atoms with E-state index in [1.807, 2.05) is 6.07 Å². The van der Waals surface area contributed by atoms with Crippen molar-refractivity contribution in [1.29, 1.82) is 0 Å². The van der Waals surface area contributed by atoms with Crippen LogP contribution in [0.2, 0.25) is 0 Å². The van der Waals surface area contributed by atoms with Crippen molar-refractivity contribution in [3.63, 3.8) is 0 Å². The van der Waals surface area contributed by atoms with Crippen molar-refractivity contribution in [1.82, 2.24) is 4.98 Å². The molecule has 0 aliphatic carbocycles. The molecule has 1 aromatic heterocycles. The first kappa shape index (κ1) is 18.9. The number of carbonyl (C=O) groups excluding carboxylic acids is 1. The largest absolute Gasteiger partial charge is 0.497 e. The lowest BCUT2D eigenvalue weighted by Crippen LogP contribution is -2.30. The summed E-state index contributed by atoms with van der Waals surface area (Å²) in [7, 11) is 1.58. The van der Waals surface area contributed by atoms with Crippen LogP contribution >= 0.6 is 11.3 Å². The zero-order valence-electron chi connectivity index (χ0n) is 15.4. The topological polar surface area (TPSA) is 73.2 Å². The number of hydrogen-bond acceptors (Lipinski definition) is 7. The Kier molecular flexibility index (Phi) is 5.39. The lowest BCUT2D eigenvalue weighted by atomic mass is 10.2. The minimum atomic E-state index is -0.519. The van der Waals surface area contributed by atoms with Gasteiger partial charge in [0.2, 0.25) is 10.9 Å². The van der Waals surface area contributed by atoms with Gasteiger partial charge in [-0.3, -0.25) is 4.79 Å². The summed E-state index contributed by atoms with van der Waals surface area (Å²) in [6.45, 7) is 0.640. The fourth-order valence-corrected chi connectivity index (χ4v) is 3.51. The van der Waals surface area contributed by atoms with E-state index in [0.29, 0.717) is 28.6 Å². The fourth-order valence-electron chi connectivity index (χ4n) is 2.56. The van der Waals surface area contributed by atoms with Crippen molar-refractivity contribution in [2.75, 3.05) is 25.3 Å². The quantitative estimate of drug-likeness (QED) is 0.471. The normalized spacial score (nSPS) is 13.7. The molecule has 1 aliphatic rings. The molecule has 0 fully saturated rings. The molecule has 0 spiro atoms. The highest BCUT2D eigenvalue weighted by molar-refractivity contribution is 7.22. The number of amides is 1. The third kappa shape index (κ3) is 4.19. The van der Waals surface area contributed by atoms with Crippen LogP contribution in [0.1, 0.15) is 5.56 Å². The van der Waals surface area contributed by atoms with Crippen LogP contribution in [0.15, 0.2) is 59.6 Å². The molecule has 29 heavy (non-hydrogen) atoms. The molecule has 0 saturated heterocycles. The van der Waals surface area contributed by atoms with Crippen LogP contribution in [0.4, 0.5) is 9.52 Å². The molecule has 0 atom stereocenters. The summed E-state index contributed by atoms with van der Waals surface area (Å²) >= 11 is 1.28. The van der Waals surface area contributed by atoms with E-state index in [0.717, 1.165) is 9.71 Å². The van der Waals surface area contributed by atoms with Gasteiger partial charge in [0.25, 0.3) is 0 Å². The highest BCUT2D eigenvalue weighted by Crippen LogP contribution is 2.32. The van der Waals surface area contributed by atoms with E-state index in [1.54, 1.807) is 31.4 Å². The lowest BCUT2D eigenvalue weighted by molar-refractivity contribution is -0.119. The Hall–Kier alpha value is -3.46. The number of hydrogen-bond donors (Lipinski definition) is 0. The average Bonchev–Trinajstić information content (AvgIpc) is 3.18. The van der Waals surface area contributed by atoms with E-state index >= 15 is 0 Å². The first-order chi connectivity index (χ1) is 14.1. The molecule has 2 aromatic carbocycles.